The Kier molecular flexibility index (Phi) is 6.31. The van der Waals surface area contributed by atoms with Gasteiger partial charge in [-0.2, -0.15) is 5.26 Å². The van der Waals surface area contributed by atoms with Crippen molar-refractivity contribution in [3.8, 4) is 51.1 Å². The van der Waals surface area contributed by atoms with Gasteiger partial charge in [0.1, 0.15) is 0 Å². The minimum atomic E-state index is 0.598. The van der Waals surface area contributed by atoms with Crippen molar-refractivity contribution >= 4 is 37.6 Å². The fraction of sp³-hybridized carbons (Fsp3) is 0. The summed E-state index contributed by atoms with van der Waals surface area (Å²) in [5, 5.41) is 12.7. The Morgan fingerprint density at radius 3 is 2.17 bits per heavy atom. The maximum atomic E-state index is 9.29. The first-order valence-corrected chi connectivity index (χ1v) is 14.0. The summed E-state index contributed by atoms with van der Waals surface area (Å²) >= 11 is 3.75. The molecule has 0 amide bonds. The third-order valence-electron chi connectivity index (χ3n) is 7.19. The van der Waals surface area contributed by atoms with Crippen LogP contribution in [-0.2, 0) is 0 Å². The average molecular weight is 589 g/mol. The highest BCUT2D eigenvalue weighted by Gasteiger charge is 2.14. The van der Waals surface area contributed by atoms with Gasteiger partial charge < -0.3 is 0 Å². The SMILES string of the molecule is N#Cc1ccc(-c2nc(-c3cc(Br)cc(-c4cccc5ncccc45)c3)cc(-c3ccc4ccccc4c3)n2)cc1. The number of nitriles is 1. The Morgan fingerprint density at radius 1 is 0.585 bits per heavy atom. The lowest BCUT2D eigenvalue weighted by Crippen LogP contribution is -1.96. The molecule has 5 aromatic carbocycles. The first kappa shape index (κ1) is 24.8. The van der Waals surface area contributed by atoms with E-state index in [1.165, 1.54) is 5.39 Å². The van der Waals surface area contributed by atoms with E-state index in [2.05, 4.69) is 87.6 Å². The van der Waals surface area contributed by atoms with E-state index in [-0.39, 0.29) is 0 Å². The number of benzene rings is 5. The molecule has 7 rings (SSSR count). The molecule has 0 N–H and O–H groups in total. The molecule has 41 heavy (non-hydrogen) atoms. The summed E-state index contributed by atoms with van der Waals surface area (Å²) in [4.78, 5) is 14.6. The van der Waals surface area contributed by atoms with Crippen molar-refractivity contribution in [1.29, 1.82) is 5.26 Å². The van der Waals surface area contributed by atoms with E-state index in [4.69, 9.17) is 9.97 Å². The van der Waals surface area contributed by atoms with Gasteiger partial charge in [-0.1, -0.05) is 70.5 Å². The number of hydrogen-bond donors (Lipinski definition) is 0. The molecule has 2 aromatic heterocycles. The second kappa shape index (κ2) is 10.4. The van der Waals surface area contributed by atoms with Gasteiger partial charge in [0.25, 0.3) is 0 Å². The highest BCUT2D eigenvalue weighted by atomic mass is 79.9. The first-order valence-electron chi connectivity index (χ1n) is 13.2. The molecule has 0 aliphatic heterocycles. The van der Waals surface area contributed by atoms with Crippen molar-refractivity contribution in [2.45, 2.75) is 0 Å². The summed E-state index contributed by atoms with van der Waals surface area (Å²) < 4.78 is 0.955. The molecule has 0 aliphatic rings. The maximum absolute atomic E-state index is 9.29. The van der Waals surface area contributed by atoms with Crippen LogP contribution in [0.25, 0.3) is 66.7 Å². The van der Waals surface area contributed by atoms with E-state index in [1.807, 2.05) is 54.7 Å². The van der Waals surface area contributed by atoms with Gasteiger partial charge in [-0.15, -0.1) is 0 Å². The Labute approximate surface area is 245 Å². The number of aromatic nitrogens is 3. The molecule has 0 fully saturated rings. The Morgan fingerprint density at radius 2 is 1.34 bits per heavy atom. The Bertz CT molecular complexity index is 2120. The topological polar surface area (TPSA) is 62.5 Å². The lowest BCUT2D eigenvalue weighted by molar-refractivity contribution is 1.18. The molecule has 5 heteroatoms. The molecular weight excluding hydrogens is 568 g/mol. The molecule has 192 valence electrons. The number of nitrogens with zero attached hydrogens (tertiary/aromatic N) is 4. The number of pyridine rings is 1. The van der Waals surface area contributed by atoms with Gasteiger partial charge in [0.2, 0.25) is 0 Å². The minimum Gasteiger partial charge on any atom is -0.256 e. The summed E-state index contributed by atoms with van der Waals surface area (Å²) in [5.41, 5.74) is 8.19. The van der Waals surface area contributed by atoms with Crippen molar-refractivity contribution in [3.05, 3.63) is 138 Å². The molecule has 2 heterocycles. The largest absolute Gasteiger partial charge is 0.256 e. The van der Waals surface area contributed by atoms with Crippen LogP contribution in [0.4, 0.5) is 0 Å². The zero-order chi connectivity index (χ0) is 27.8. The van der Waals surface area contributed by atoms with Gasteiger partial charge in [-0.25, -0.2) is 9.97 Å². The predicted octanol–water partition coefficient (Wildman–Crippen LogP) is 9.48. The van der Waals surface area contributed by atoms with E-state index >= 15 is 0 Å². The van der Waals surface area contributed by atoms with Gasteiger partial charge in [0.05, 0.1) is 28.5 Å². The summed E-state index contributed by atoms with van der Waals surface area (Å²) in [5.74, 6) is 0.603. The second-order valence-corrected chi connectivity index (χ2v) is 10.7. The molecule has 0 spiro atoms. The van der Waals surface area contributed by atoms with Crippen LogP contribution < -0.4 is 0 Å². The average Bonchev–Trinajstić information content (AvgIpc) is 3.03. The third kappa shape index (κ3) is 4.86. The van der Waals surface area contributed by atoms with Crippen molar-refractivity contribution in [2.24, 2.45) is 0 Å². The third-order valence-corrected chi connectivity index (χ3v) is 7.65. The number of fused-ring (bicyclic) bond motifs is 2. The summed E-state index contributed by atoms with van der Waals surface area (Å²) in [6.45, 7) is 0. The zero-order valence-electron chi connectivity index (χ0n) is 21.8. The van der Waals surface area contributed by atoms with E-state index in [0.717, 1.165) is 60.0 Å². The molecule has 0 saturated carbocycles. The molecule has 0 unspecified atom stereocenters. The van der Waals surface area contributed by atoms with E-state index in [9.17, 15) is 5.26 Å². The van der Waals surface area contributed by atoms with Crippen molar-refractivity contribution in [1.82, 2.24) is 15.0 Å². The predicted molar refractivity (Wildman–Crippen MR) is 169 cm³/mol. The van der Waals surface area contributed by atoms with Crippen LogP contribution in [0, 0.1) is 11.3 Å². The maximum Gasteiger partial charge on any atom is 0.160 e. The van der Waals surface area contributed by atoms with Gasteiger partial charge in [-0.3, -0.25) is 4.98 Å². The zero-order valence-corrected chi connectivity index (χ0v) is 23.4. The van der Waals surface area contributed by atoms with E-state index < -0.39 is 0 Å². The molecule has 4 nitrogen and oxygen atoms in total. The van der Waals surface area contributed by atoms with Crippen LogP contribution in [-0.4, -0.2) is 15.0 Å². The Hall–Kier alpha value is -5.18. The van der Waals surface area contributed by atoms with Crippen molar-refractivity contribution in [2.75, 3.05) is 0 Å². The molecular formula is C36H21BrN4. The smallest absolute Gasteiger partial charge is 0.160 e. The summed E-state index contributed by atoms with van der Waals surface area (Å²) in [6, 6.07) is 43.0. The minimum absolute atomic E-state index is 0.598. The summed E-state index contributed by atoms with van der Waals surface area (Å²) in [7, 11) is 0. The van der Waals surface area contributed by atoms with E-state index in [1.54, 1.807) is 12.1 Å². The fourth-order valence-electron chi connectivity index (χ4n) is 5.16. The second-order valence-electron chi connectivity index (χ2n) is 9.82. The van der Waals surface area contributed by atoms with Crippen LogP contribution in [0.5, 0.6) is 0 Å². The Balaban J connectivity index is 1.42. The molecule has 0 radical (unpaired) electrons. The fourth-order valence-corrected chi connectivity index (χ4v) is 5.66. The standard InChI is InChI=1S/C36H21BrN4/c37-30-19-28(31-7-3-9-33-32(31)8-4-16-39-33)18-29(20-30)35-21-34(27-15-14-24-5-1-2-6-26(24)17-27)40-36(41-35)25-12-10-23(22-38)11-13-25/h1-21H. The van der Waals surface area contributed by atoms with Crippen LogP contribution in [0.3, 0.4) is 0 Å². The molecule has 7 aromatic rings. The van der Waals surface area contributed by atoms with E-state index in [0.29, 0.717) is 11.4 Å². The van der Waals surface area contributed by atoms with Crippen LogP contribution in [0.1, 0.15) is 5.56 Å². The molecule has 0 aliphatic carbocycles. The first-order chi connectivity index (χ1) is 20.1. The van der Waals surface area contributed by atoms with Crippen LogP contribution >= 0.6 is 15.9 Å². The number of hydrogen-bond acceptors (Lipinski definition) is 4. The molecule has 0 bridgehead atoms. The normalized spacial score (nSPS) is 11.0. The van der Waals surface area contributed by atoms with Crippen molar-refractivity contribution < 1.29 is 0 Å². The molecule has 0 saturated heterocycles. The summed E-state index contributed by atoms with van der Waals surface area (Å²) in [6.07, 6.45) is 1.82. The van der Waals surface area contributed by atoms with Gasteiger partial charge in [0, 0.05) is 32.7 Å². The lowest BCUT2D eigenvalue weighted by Gasteiger charge is -2.13. The van der Waals surface area contributed by atoms with Crippen LogP contribution in [0.15, 0.2) is 132 Å². The number of halogens is 1. The van der Waals surface area contributed by atoms with Gasteiger partial charge >= 0.3 is 0 Å². The monoisotopic (exact) mass is 588 g/mol. The van der Waals surface area contributed by atoms with Gasteiger partial charge in [-0.05, 0) is 88.6 Å². The van der Waals surface area contributed by atoms with Gasteiger partial charge in [0.15, 0.2) is 5.82 Å². The number of rotatable bonds is 4. The molecule has 0 atom stereocenters. The van der Waals surface area contributed by atoms with Crippen LogP contribution in [0.2, 0.25) is 0 Å². The van der Waals surface area contributed by atoms with Crippen molar-refractivity contribution in [3.63, 3.8) is 0 Å². The lowest BCUT2D eigenvalue weighted by atomic mass is 9.97. The highest BCUT2D eigenvalue weighted by Crippen LogP contribution is 2.35. The highest BCUT2D eigenvalue weighted by molar-refractivity contribution is 9.10. The quantitative estimate of drug-likeness (QED) is 0.205.